The SMILES string of the molecule is CCN(CC)CC(O)CNCCC1CCN(C)CC1. The Morgan fingerprint density at radius 1 is 1.26 bits per heavy atom. The van der Waals surface area contributed by atoms with Crippen molar-refractivity contribution in [2.45, 2.75) is 39.2 Å². The number of piperidine rings is 1. The number of nitrogens with one attached hydrogen (secondary N) is 1. The smallest absolute Gasteiger partial charge is 0.0791 e. The minimum Gasteiger partial charge on any atom is -0.390 e. The topological polar surface area (TPSA) is 38.7 Å². The number of hydrogen-bond acceptors (Lipinski definition) is 4. The van der Waals surface area contributed by atoms with Crippen molar-refractivity contribution in [1.82, 2.24) is 15.1 Å². The second-order valence-corrected chi connectivity index (χ2v) is 5.88. The maximum absolute atomic E-state index is 9.94. The van der Waals surface area contributed by atoms with Gasteiger partial charge in [-0.05, 0) is 65.0 Å². The molecule has 1 atom stereocenters. The molecule has 1 unspecified atom stereocenters. The molecule has 1 saturated heterocycles. The first-order chi connectivity index (χ1) is 9.15. The van der Waals surface area contributed by atoms with Gasteiger partial charge in [0.05, 0.1) is 6.10 Å². The summed E-state index contributed by atoms with van der Waals surface area (Å²) in [6.45, 7) is 11.4. The number of rotatable bonds is 9. The van der Waals surface area contributed by atoms with E-state index in [1.54, 1.807) is 0 Å². The van der Waals surface area contributed by atoms with Crippen LogP contribution in [0.2, 0.25) is 0 Å². The highest BCUT2D eigenvalue weighted by molar-refractivity contribution is 4.71. The van der Waals surface area contributed by atoms with Crippen molar-refractivity contribution in [1.29, 1.82) is 0 Å². The zero-order chi connectivity index (χ0) is 14.1. The second-order valence-electron chi connectivity index (χ2n) is 5.88. The molecule has 1 aliphatic heterocycles. The van der Waals surface area contributed by atoms with E-state index < -0.39 is 0 Å². The van der Waals surface area contributed by atoms with Gasteiger partial charge in [-0.1, -0.05) is 13.8 Å². The van der Waals surface area contributed by atoms with E-state index in [0.29, 0.717) is 0 Å². The van der Waals surface area contributed by atoms with Gasteiger partial charge in [-0.25, -0.2) is 0 Å². The number of nitrogens with zero attached hydrogens (tertiary/aromatic N) is 2. The summed E-state index contributed by atoms with van der Waals surface area (Å²) >= 11 is 0. The molecule has 1 fully saturated rings. The molecule has 4 nitrogen and oxygen atoms in total. The Bertz CT molecular complexity index is 213. The standard InChI is InChI=1S/C15H33N3O/c1-4-18(5-2)13-15(19)12-16-9-6-14-7-10-17(3)11-8-14/h14-16,19H,4-13H2,1-3H3. The first kappa shape index (κ1) is 16.9. The highest BCUT2D eigenvalue weighted by Crippen LogP contribution is 2.18. The Labute approximate surface area is 119 Å². The predicted molar refractivity (Wildman–Crippen MR) is 81.5 cm³/mol. The summed E-state index contributed by atoms with van der Waals surface area (Å²) in [5.74, 6) is 0.878. The van der Waals surface area contributed by atoms with Crippen molar-refractivity contribution in [2.24, 2.45) is 5.92 Å². The van der Waals surface area contributed by atoms with Crippen LogP contribution < -0.4 is 5.32 Å². The summed E-state index contributed by atoms with van der Waals surface area (Å²) in [5.41, 5.74) is 0. The summed E-state index contributed by atoms with van der Waals surface area (Å²) in [6, 6.07) is 0. The van der Waals surface area contributed by atoms with Crippen LogP contribution in [0.25, 0.3) is 0 Å². The first-order valence-electron chi connectivity index (χ1n) is 7.95. The van der Waals surface area contributed by atoms with Crippen LogP contribution in [0.3, 0.4) is 0 Å². The Morgan fingerprint density at radius 3 is 2.47 bits per heavy atom. The van der Waals surface area contributed by atoms with Crippen LogP contribution >= 0.6 is 0 Å². The van der Waals surface area contributed by atoms with E-state index in [2.05, 4.69) is 36.0 Å². The molecule has 19 heavy (non-hydrogen) atoms. The van der Waals surface area contributed by atoms with Gasteiger partial charge in [-0.2, -0.15) is 0 Å². The van der Waals surface area contributed by atoms with Crippen LogP contribution in [-0.4, -0.2) is 73.9 Å². The number of hydrogen-bond donors (Lipinski definition) is 2. The maximum Gasteiger partial charge on any atom is 0.0791 e. The van der Waals surface area contributed by atoms with Gasteiger partial charge in [0.25, 0.3) is 0 Å². The van der Waals surface area contributed by atoms with Gasteiger partial charge in [0.2, 0.25) is 0 Å². The van der Waals surface area contributed by atoms with Gasteiger partial charge in [-0.15, -0.1) is 0 Å². The summed E-state index contributed by atoms with van der Waals surface area (Å²) in [4.78, 5) is 4.68. The van der Waals surface area contributed by atoms with E-state index in [1.165, 1.54) is 32.4 Å². The number of aliphatic hydroxyl groups is 1. The van der Waals surface area contributed by atoms with E-state index in [1.807, 2.05) is 0 Å². The molecule has 4 heteroatoms. The maximum atomic E-state index is 9.94. The van der Waals surface area contributed by atoms with E-state index in [4.69, 9.17) is 0 Å². The zero-order valence-electron chi connectivity index (χ0n) is 13.1. The molecule has 1 aliphatic rings. The van der Waals surface area contributed by atoms with Crippen LogP contribution in [0.5, 0.6) is 0 Å². The van der Waals surface area contributed by atoms with Crippen LogP contribution in [0, 0.1) is 5.92 Å². The fourth-order valence-corrected chi connectivity index (χ4v) is 2.77. The Hall–Kier alpha value is -0.160. The molecule has 0 aromatic heterocycles. The molecule has 1 heterocycles. The lowest BCUT2D eigenvalue weighted by Gasteiger charge is -2.29. The third kappa shape index (κ3) is 7.25. The lowest BCUT2D eigenvalue weighted by atomic mass is 9.94. The molecule has 0 radical (unpaired) electrons. The third-order valence-corrected chi connectivity index (χ3v) is 4.31. The van der Waals surface area contributed by atoms with Crippen molar-refractivity contribution >= 4 is 0 Å². The molecular weight excluding hydrogens is 238 g/mol. The molecule has 0 bridgehead atoms. The van der Waals surface area contributed by atoms with Crippen LogP contribution in [0.4, 0.5) is 0 Å². The third-order valence-electron chi connectivity index (χ3n) is 4.31. The van der Waals surface area contributed by atoms with Crippen molar-refractivity contribution < 1.29 is 5.11 Å². The number of aliphatic hydroxyl groups excluding tert-OH is 1. The van der Waals surface area contributed by atoms with Crippen LogP contribution in [-0.2, 0) is 0 Å². The molecule has 0 amide bonds. The summed E-state index contributed by atoms with van der Waals surface area (Å²) in [6.07, 6.45) is 3.68. The molecule has 0 aliphatic carbocycles. The predicted octanol–water partition coefficient (Wildman–Crippen LogP) is 1.01. The Morgan fingerprint density at radius 2 is 1.89 bits per heavy atom. The van der Waals surface area contributed by atoms with Crippen molar-refractivity contribution in [3.63, 3.8) is 0 Å². The van der Waals surface area contributed by atoms with Crippen LogP contribution in [0.15, 0.2) is 0 Å². The van der Waals surface area contributed by atoms with Gasteiger partial charge in [-0.3, -0.25) is 0 Å². The fraction of sp³-hybridized carbons (Fsp3) is 1.00. The lowest BCUT2D eigenvalue weighted by Crippen LogP contribution is -2.39. The largest absolute Gasteiger partial charge is 0.390 e. The molecule has 114 valence electrons. The molecule has 0 aromatic carbocycles. The summed E-state index contributed by atoms with van der Waals surface area (Å²) < 4.78 is 0. The molecule has 2 N–H and O–H groups in total. The number of likely N-dealkylation sites (tertiary alicyclic amines) is 1. The quantitative estimate of drug-likeness (QED) is 0.614. The Kier molecular flexibility index (Phi) is 8.62. The van der Waals surface area contributed by atoms with E-state index in [9.17, 15) is 5.11 Å². The van der Waals surface area contributed by atoms with E-state index in [-0.39, 0.29) is 6.10 Å². The van der Waals surface area contributed by atoms with Gasteiger partial charge in [0.1, 0.15) is 0 Å². The van der Waals surface area contributed by atoms with Gasteiger partial charge >= 0.3 is 0 Å². The summed E-state index contributed by atoms with van der Waals surface area (Å²) in [7, 11) is 2.21. The average molecular weight is 271 g/mol. The van der Waals surface area contributed by atoms with Crippen molar-refractivity contribution in [2.75, 3.05) is 52.9 Å². The molecular formula is C15H33N3O. The van der Waals surface area contributed by atoms with Gasteiger partial charge in [0.15, 0.2) is 0 Å². The average Bonchev–Trinajstić information content (AvgIpc) is 2.43. The zero-order valence-corrected chi connectivity index (χ0v) is 13.1. The minimum atomic E-state index is -0.239. The normalized spacial score (nSPS) is 20.1. The highest BCUT2D eigenvalue weighted by Gasteiger charge is 2.16. The Balaban J connectivity index is 2.00. The van der Waals surface area contributed by atoms with Crippen molar-refractivity contribution in [3.8, 4) is 0 Å². The first-order valence-corrected chi connectivity index (χ1v) is 7.95. The van der Waals surface area contributed by atoms with E-state index in [0.717, 1.165) is 38.6 Å². The molecule has 0 spiro atoms. The monoisotopic (exact) mass is 271 g/mol. The van der Waals surface area contributed by atoms with Crippen molar-refractivity contribution in [3.05, 3.63) is 0 Å². The van der Waals surface area contributed by atoms with Gasteiger partial charge < -0.3 is 20.2 Å². The fourth-order valence-electron chi connectivity index (χ4n) is 2.77. The van der Waals surface area contributed by atoms with Gasteiger partial charge in [0, 0.05) is 13.1 Å². The highest BCUT2D eigenvalue weighted by atomic mass is 16.3. The lowest BCUT2D eigenvalue weighted by molar-refractivity contribution is 0.116. The molecule has 0 aromatic rings. The summed E-state index contributed by atoms with van der Waals surface area (Å²) in [5, 5.41) is 13.3. The molecule has 1 rings (SSSR count). The number of likely N-dealkylation sites (N-methyl/N-ethyl adjacent to an activating group) is 1. The minimum absolute atomic E-state index is 0.239. The molecule has 0 saturated carbocycles. The van der Waals surface area contributed by atoms with E-state index >= 15 is 0 Å². The second kappa shape index (κ2) is 9.70. The van der Waals surface area contributed by atoms with Crippen LogP contribution in [0.1, 0.15) is 33.1 Å².